The number of hydrogen-bond donors (Lipinski definition) is 2. The Morgan fingerprint density at radius 1 is 1.53 bits per heavy atom. The standard InChI is InChI=1S/C13H18N2O3.ClH/c1-9-8-15(7-6-14-9)13(17)10-4-3-5-11(18-2)12(10)16;/h3-5,9,14,16H,6-8H2,1-2H3;1H/t9-;/m1./s1. The Bertz CT molecular complexity index is 454. The molecule has 1 aromatic carbocycles. The Labute approximate surface area is 119 Å². The second-order valence-electron chi connectivity index (χ2n) is 4.46. The first kappa shape index (κ1) is 15.6. The van der Waals surface area contributed by atoms with Crippen LogP contribution in [0.15, 0.2) is 18.2 Å². The summed E-state index contributed by atoms with van der Waals surface area (Å²) in [5.41, 5.74) is 0.295. The maximum Gasteiger partial charge on any atom is 0.257 e. The molecule has 6 heteroatoms. The number of nitrogens with one attached hydrogen (secondary N) is 1. The van der Waals surface area contributed by atoms with Crippen molar-refractivity contribution in [2.24, 2.45) is 0 Å². The van der Waals surface area contributed by atoms with Crippen LogP contribution in [0.3, 0.4) is 0 Å². The second-order valence-corrected chi connectivity index (χ2v) is 4.46. The first-order chi connectivity index (χ1) is 8.63. The minimum Gasteiger partial charge on any atom is -0.504 e. The van der Waals surface area contributed by atoms with Crippen LogP contribution in [0.5, 0.6) is 11.5 Å². The zero-order chi connectivity index (χ0) is 13.1. The Morgan fingerprint density at radius 2 is 2.26 bits per heavy atom. The summed E-state index contributed by atoms with van der Waals surface area (Å²) in [5, 5.41) is 13.2. The van der Waals surface area contributed by atoms with E-state index in [9.17, 15) is 9.90 Å². The van der Waals surface area contributed by atoms with E-state index in [-0.39, 0.29) is 30.1 Å². The molecule has 1 aromatic rings. The molecule has 1 aliphatic heterocycles. The topological polar surface area (TPSA) is 61.8 Å². The number of nitrogens with zero attached hydrogens (tertiary/aromatic N) is 1. The number of ether oxygens (including phenoxy) is 1. The molecule has 0 spiro atoms. The van der Waals surface area contributed by atoms with Gasteiger partial charge >= 0.3 is 0 Å². The van der Waals surface area contributed by atoms with Gasteiger partial charge in [0.15, 0.2) is 11.5 Å². The molecule has 0 radical (unpaired) electrons. The van der Waals surface area contributed by atoms with Crippen LogP contribution >= 0.6 is 12.4 Å². The zero-order valence-electron chi connectivity index (χ0n) is 11.0. The van der Waals surface area contributed by atoms with Crippen molar-refractivity contribution in [2.75, 3.05) is 26.7 Å². The van der Waals surface area contributed by atoms with Gasteiger partial charge in [-0.1, -0.05) is 6.07 Å². The maximum atomic E-state index is 12.3. The molecule has 0 aliphatic carbocycles. The van der Waals surface area contributed by atoms with Crippen molar-refractivity contribution in [3.05, 3.63) is 23.8 Å². The zero-order valence-corrected chi connectivity index (χ0v) is 11.9. The van der Waals surface area contributed by atoms with E-state index in [1.54, 1.807) is 23.1 Å². The van der Waals surface area contributed by atoms with E-state index in [4.69, 9.17) is 4.74 Å². The Balaban J connectivity index is 0.00000180. The Hall–Kier alpha value is -1.46. The van der Waals surface area contributed by atoms with Crippen LogP contribution in [-0.2, 0) is 0 Å². The van der Waals surface area contributed by atoms with Crippen molar-refractivity contribution in [2.45, 2.75) is 13.0 Å². The van der Waals surface area contributed by atoms with E-state index in [1.165, 1.54) is 7.11 Å². The first-order valence-electron chi connectivity index (χ1n) is 6.02. The molecule has 1 saturated heterocycles. The summed E-state index contributed by atoms with van der Waals surface area (Å²) >= 11 is 0. The van der Waals surface area contributed by atoms with Crippen LogP contribution in [0.2, 0.25) is 0 Å². The second kappa shape index (κ2) is 6.63. The average molecular weight is 287 g/mol. The largest absolute Gasteiger partial charge is 0.504 e. The van der Waals surface area contributed by atoms with E-state index in [0.717, 1.165) is 6.54 Å². The molecule has 5 nitrogen and oxygen atoms in total. The Morgan fingerprint density at radius 3 is 2.89 bits per heavy atom. The van der Waals surface area contributed by atoms with Crippen LogP contribution in [0, 0.1) is 0 Å². The number of aromatic hydroxyl groups is 1. The van der Waals surface area contributed by atoms with Crippen LogP contribution in [0.4, 0.5) is 0 Å². The highest BCUT2D eigenvalue weighted by Gasteiger charge is 2.24. The summed E-state index contributed by atoms with van der Waals surface area (Å²) in [5.74, 6) is 0.0833. The van der Waals surface area contributed by atoms with E-state index in [1.807, 2.05) is 6.92 Å². The lowest BCUT2D eigenvalue weighted by Gasteiger charge is -2.32. The number of phenols is 1. The van der Waals surface area contributed by atoms with Gasteiger partial charge in [-0.3, -0.25) is 4.79 Å². The smallest absolute Gasteiger partial charge is 0.257 e. The van der Waals surface area contributed by atoms with E-state index in [0.29, 0.717) is 24.4 Å². The van der Waals surface area contributed by atoms with E-state index in [2.05, 4.69) is 5.32 Å². The van der Waals surface area contributed by atoms with Crippen molar-refractivity contribution in [1.29, 1.82) is 0 Å². The molecule has 19 heavy (non-hydrogen) atoms. The molecule has 0 aromatic heterocycles. The maximum absolute atomic E-state index is 12.3. The van der Waals surface area contributed by atoms with E-state index >= 15 is 0 Å². The minimum absolute atomic E-state index is 0. The molecule has 0 bridgehead atoms. The summed E-state index contributed by atoms with van der Waals surface area (Å²) in [6.07, 6.45) is 0. The number of phenolic OH excluding ortho intramolecular Hbond substituents is 1. The molecule has 0 saturated carbocycles. The quantitative estimate of drug-likeness (QED) is 0.859. The molecule has 106 valence electrons. The third-order valence-corrected chi connectivity index (χ3v) is 3.11. The fourth-order valence-electron chi connectivity index (χ4n) is 2.15. The van der Waals surface area contributed by atoms with Crippen molar-refractivity contribution < 1.29 is 14.6 Å². The van der Waals surface area contributed by atoms with Crippen LogP contribution in [0.1, 0.15) is 17.3 Å². The van der Waals surface area contributed by atoms with Gasteiger partial charge in [0, 0.05) is 25.7 Å². The van der Waals surface area contributed by atoms with Crippen molar-refractivity contribution >= 4 is 18.3 Å². The van der Waals surface area contributed by atoms with Crippen molar-refractivity contribution in [3.8, 4) is 11.5 Å². The van der Waals surface area contributed by atoms with Crippen molar-refractivity contribution in [1.82, 2.24) is 10.2 Å². The Kier molecular flexibility index (Phi) is 5.44. The number of piperazine rings is 1. The molecule has 1 amide bonds. The SMILES string of the molecule is COc1cccc(C(=O)N2CCN[C@H](C)C2)c1O.Cl. The van der Waals surface area contributed by atoms with Gasteiger partial charge in [-0.15, -0.1) is 12.4 Å². The molecule has 2 rings (SSSR count). The number of halogens is 1. The molecule has 1 fully saturated rings. The van der Waals surface area contributed by atoms with Gasteiger partial charge in [0.2, 0.25) is 0 Å². The lowest BCUT2D eigenvalue weighted by molar-refractivity contribution is 0.0705. The summed E-state index contributed by atoms with van der Waals surface area (Å²) in [6, 6.07) is 5.23. The number of benzene rings is 1. The molecule has 1 aliphatic rings. The number of para-hydroxylation sites is 1. The van der Waals surface area contributed by atoms with Gasteiger partial charge in [-0.2, -0.15) is 0 Å². The number of amides is 1. The fourth-order valence-corrected chi connectivity index (χ4v) is 2.15. The predicted octanol–water partition coefficient (Wildman–Crippen LogP) is 1.26. The number of carbonyl (C=O) groups excluding carboxylic acids is 1. The van der Waals surface area contributed by atoms with Crippen LogP contribution in [-0.4, -0.2) is 48.7 Å². The normalized spacial score (nSPS) is 18.6. The summed E-state index contributed by atoms with van der Waals surface area (Å²) in [6.45, 7) is 4.11. The third-order valence-electron chi connectivity index (χ3n) is 3.11. The van der Waals surface area contributed by atoms with Crippen LogP contribution in [0.25, 0.3) is 0 Å². The van der Waals surface area contributed by atoms with Gasteiger partial charge in [-0.25, -0.2) is 0 Å². The third kappa shape index (κ3) is 3.30. The highest BCUT2D eigenvalue weighted by Crippen LogP contribution is 2.30. The summed E-state index contributed by atoms with van der Waals surface area (Å²) in [7, 11) is 1.47. The molecular formula is C13H19ClN2O3. The van der Waals surface area contributed by atoms with Gasteiger partial charge in [0.05, 0.1) is 12.7 Å². The van der Waals surface area contributed by atoms with Gasteiger partial charge < -0.3 is 20.1 Å². The number of rotatable bonds is 2. The van der Waals surface area contributed by atoms with Gasteiger partial charge in [0.25, 0.3) is 5.91 Å². The highest BCUT2D eigenvalue weighted by atomic mass is 35.5. The van der Waals surface area contributed by atoms with E-state index < -0.39 is 0 Å². The summed E-state index contributed by atoms with van der Waals surface area (Å²) < 4.78 is 5.01. The highest BCUT2D eigenvalue weighted by molar-refractivity contribution is 5.97. The van der Waals surface area contributed by atoms with Gasteiger partial charge in [0.1, 0.15) is 0 Å². The lowest BCUT2D eigenvalue weighted by atomic mass is 10.1. The van der Waals surface area contributed by atoms with Gasteiger partial charge in [-0.05, 0) is 19.1 Å². The average Bonchev–Trinajstić information content (AvgIpc) is 2.38. The molecular weight excluding hydrogens is 268 g/mol. The first-order valence-corrected chi connectivity index (χ1v) is 6.02. The number of methoxy groups -OCH3 is 1. The predicted molar refractivity (Wildman–Crippen MR) is 75.3 cm³/mol. The molecule has 1 atom stereocenters. The molecule has 0 unspecified atom stereocenters. The minimum atomic E-state index is -0.153. The van der Waals surface area contributed by atoms with Crippen molar-refractivity contribution in [3.63, 3.8) is 0 Å². The summed E-state index contributed by atoms with van der Waals surface area (Å²) in [4.78, 5) is 14.1. The number of hydrogen-bond acceptors (Lipinski definition) is 4. The molecule has 1 heterocycles. The lowest BCUT2D eigenvalue weighted by Crippen LogP contribution is -2.51. The number of carbonyl (C=O) groups is 1. The monoisotopic (exact) mass is 286 g/mol. The molecule has 2 N–H and O–H groups in total. The fraction of sp³-hybridized carbons (Fsp3) is 0.462. The van der Waals surface area contributed by atoms with Crippen LogP contribution < -0.4 is 10.1 Å².